The van der Waals surface area contributed by atoms with E-state index in [1.54, 1.807) is 30.2 Å². The number of nitrogens with zero attached hydrogens (tertiary/aromatic N) is 4. The lowest BCUT2D eigenvalue weighted by Crippen LogP contribution is -2.02. The minimum atomic E-state index is 0.591. The molecule has 0 aliphatic rings. The van der Waals surface area contributed by atoms with Gasteiger partial charge in [-0.3, -0.25) is 0 Å². The van der Waals surface area contributed by atoms with E-state index in [1.165, 1.54) is 0 Å². The molecule has 5 nitrogen and oxygen atoms in total. The molecule has 13 heavy (non-hydrogen) atoms. The van der Waals surface area contributed by atoms with Crippen molar-refractivity contribution in [3.05, 3.63) is 30.7 Å². The maximum absolute atomic E-state index is 4.21. The highest BCUT2D eigenvalue weighted by Crippen LogP contribution is 2.03. The molecule has 0 radical (unpaired) electrons. The first-order chi connectivity index (χ1) is 6.40. The Labute approximate surface area is 75.4 Å². The first kappa shape index (κ1) is 7.72. The highest BCUT2D eigenvalue weighted by Gasteiger charge is 1.98. The van der Waals surface area contributed by atoms with Crippen molar-refractivity contribution in [2.75, 3.05) is 12.4 Å². The van der Waals surface area contributed by atoms with E-state index in [2.05, 4.69) is 20.4 Å². The molecule has 0 saturated carbocycles. The lowest BCUT2D eigenvalue weighted by atomic mass is 10.6. The van der Waals surface area contributed by atoms with Crippen molar-refractivity contribution < 1.29 is 0 Å². The first-order valence-electron chi connectivity index (χ1n) is 3.91. The smallest absolute Gasteiger partial charge is 0.224 e. The lowest BCUT2D eigenvalue weighted by Gasteiger charge is -2.01. The van der Waals surface area contributed by atoms with Gasteiger partial charge in [-0.25, -0.2) is 9.67 Å². The normalized spacial score (nSPS) is 9.92. The molecule has 2 aromatic heterocycles. The summed E-state index contributed by atoms with van der Waals surface area (Å²) in [6, 6.07) is 3.65. The third-order valence-corrected chi connectivity index (χ3v) is 1.60. The fourth-order valence-corrected chi connectivity index (χ4v) is 1.00. The van der Waals surface area contributed by atoms with E-state index in [0.717, 1.165) is 5.82 Å². The molecule has 0 saturated heterocycles. The van der Waals surface area contributed by atoms with E-state index in [1.807, 2.05) is 12.3 Å². The SMILES string of the molecule is CNc1nccc(-n2cccn2)n1. The van der Waals surface area contributed by atoms with E-state index >= 15 is 0 Å². The molecule has 5 heteroatoms. The van der Waals surface area contributed by atoms with Crippen LogP contribution < -0.4 is 5.32 Å². The monoisotopic (exact) mass is 175 g/mol. The average Bonchev–Trinajstić information content (AvgIpc) is 2.71. The Hall–Kier alpha value is -1.91. The van der Waals surface area contributed by atoms with Gasteiger partial charge in [0.2, 0.25) is 5.95 Å². The Morgan fingerprint density at radius 2 is 2.31 bits per heavy atom. The standard InChI is InChI=1S/C8H9N5/c1-9-8-10-5-3-7(12-8)13-6-2-4-11-13/h2-6H,1H3,(H,9,10,12). The van der Waals surface area contributed by atoms with Crippen LogP contribution in [0.25, 0.3) is 5.82 Å². The summed E-state index contributed by atoms with van der Waals surface area (Å²) in [6.07, 6.45) is 5.23. The fourth-order valence-electron chi connectivity index (χ4n) is 1.00. The van der Waals surface area contributed by atoms with Crippen LogP contribution in [0.5, 0.6) is 0 Å². The first-order valence-corrected chi connectivity index (χ1v) is 3.91. The average molecular weight is 175 g/mol. The predicted octanol–water partition coefficient (Wildman–Crippen LogP) is 0.704. The third-order valence-electron chi connectivity index (χ3n) is 1.60. The van der Waals surface area contributed by atoms with Crippen LogP contribution in [0.2, 0.25) is 0 Å². The van der Waals surface area contributed by atoms with Gasteiger partial charge in [-0.05, 0) is 6.07 Å². The molecule has 1 N–H and O–H groups in total. The summed E-state index contributed by atoms with van der Waals surface area (Å²) in [5.74, 6) is 1.34. The zero-order valence-corrected chi connectivity index (χ0v) is 7.18. The van der Waals surface area contributed by atoms with Gasteiger partial charge in [0.25, 0.3) is 0 Å². The predicted molar refractivity (Wildman–Crippen MR) is 48.7 cm³/mol. The Morgan fingerprint density at radius 1 is 1.38 bits per heavy atom. The Balaban J connectivity index is 2.41. The highest BCUT2D eigenvalue weighted by molar-refractivity contribution is 5.30. The van der Waals surface area contributed by atoms with Gasteiger partial charge in [0.15, 0.2) is 5.82 Å². The zero-order valence-electron chi connectivity index (χ0n) is 7.18. The topological polar surface area (TPSA) is 55.6 Å². The maximum atomic E-state index is 4.21. The van der Waals surface area contributed by atoms with Gasteiger partial charge >= 0.3 is 0 Å². The molecular formula is C8H9N5. The number of anilines is 1. The molecule has 0 atom stereocenters. The maximum Gasteiger partial charge on any atom is 0.224 e. The number of aromatic nitrogens is 4. The minimum Gasteiger partial charge on any atom is -0.357 e. The van der Waals surface area contributed by atoms with Gasteiger partial charge in [-0.15, -0.1) is 0 Å². The van der Waals surface area contributed by atoms with Crippen LogP contribution in [0.15, 0.2) is 30.7 Å². The second-order valence-corrected chi connectivity index (χ2v) is 2.44. The van der Waals surface area contributed by atoms with Crippen molar-refractivity contribution in [2.24, 2.45) is 0 Å². The van der Waals surface area contributed by atoms with Crippen molar-refractivity contribution in [2.45, 2.75) is 0 Å². The van der Waals surface area contributed by atoms with Crippen molar-refractivity contribution in [3.8, 4) is 5.82 Å². The molecule has 2 aromatic rings. The van der Waals surface area contributed by atoms with Gasteiger partial charge in [-0.2, -0.15) is 10.1 Å². The van der Waals surface area contributed by atoms with Crippen LogP contribution in [-0.4, -0.2) is 26.8 Å². The molecule has 66 valence electrons. The van der Waals surface area contributed by atoms with Crippen LogP contribution in [-0.2, 0) is 0 Å². The fraction of sp³-hybridized carbons (Fsp3) is 0.125. The van der Waals surface area contributed by atoms with Crippen LogP contribution in [0.3, 0.4) is 0 Å². The molecule has 0 amide bonds. The Bertz CT molecular complexity index is 381. The van der Waals surface area contributed by atoms with Gasteiger partial charge in [0, 0.05) is 31.7 Å². The molecule has 0 fully saturated rings. The summed E-state index contributed by atoms with van der Waals surface area (Å²) in [5.41, 5.74) is 0. The summed E-state index contributed by atoms with van der Waals surface area (Å²) in [7, 11) is 1.78. The molecule has 0 aliphatic carbocycles. The van der Waals surface area contributed by atoms with Crippen LogP contribution in [0.4, 0.5) is 5.95 Å². The summed E-state index contributed by atoms with van der Waals surface area (Å²) in [5, 5.41) is 6.93. The van der Waals surface area contributed by atoms with Crippen molar-refractivity contribution in [1.29, 1.82) is 0 Å². The molecule has 0 spiro atoms. The number of rotatable bonds is 2. The second-order valence-electron chi connectivity index (χ2n) is 2.44. The Kier molecular flexibility index (Phi) is 1.91. The summed E-state index contributed by atoms with van der Waals surface area (Å²) in [4.78, 5) is 8.22. The molecule has 2 heterocycles. The second kappa shape index (κ2) is 3.22. The van der Waals surface area contributed by atoms with Crippen molar-refractivity contribution in [3.63, 3.8) is 0 Å². The molecule has 0 unspecified atom stereocenters. The quantitative estimate of drug-likeness (QED) is 0.730. The van der Waals surface area contributed by atoms with E-state index in [0.29, 0.717) is 5.95 Å². The summed E-state index contributed by atoms with van der Waals surface area (Å²) in [6.45, 7) is 0. The Morgan fingerprint density at radius 3 is 3.00 bits per heavy atom. The number of hydrogen-bond acceptors (Lipinski definition) is 4. The molecule has 0 bridgehead atoms. The molecular weight excluding hydrogens is 166 g/mol. The number of hydrogen-bond donors (Lipinski definition) is 1. The van der Waals surface area contributed by atoms with Gasteiger partial charge in [0.05, 0.1) is 0 Å². The third kappa shape index (κ3) is 1.48. The molecule has 0 aromatic carbocycles. The van der Waals surface area contributed by atoms with Gasteiger partial charge < -0.3 is 5.32 Å². The lowest BCUT2D eigenvalue weighted by molar-refractivity contribution is 0.841. The largest absolute Gasteiger partial charge is 0.357 e. The molecule has 0 aliphatic heterocycles. The van der Waals surface area contributed by atoms with Crippen molar-refractivity contribution in [1.82, 2.24) is 19.7 Å². The molecule has 2 rings (SSSR count). The van der Waals surface area contributed by atoms with Crippen molar-refractivity contribution >= 4 is 5.95 Å². The minimum absolute atomic E-state index is 0.591. The zero-order chi connectivity index (χ0) is 9.10. The van der Waals surface area contributed by atoms with Gasteiger partial charge in [0.1, 0.15) is 0 Å². The van der Waals surface area contributed by atoms with E-state index in [9.17, 15) is 0 Å². The van der Waals surface area contributed by atoms with E-state index < -0.39 is 0 Å². The van der Waals surface area contributed by atoms with E-state index in [4.69, 9.17) is 0 Å². The van der Waals surface area contributed by atoms with Crippen LogP contribution in [0.1, 0.15) is 0 Å². The number of nitrogens with one attached hydrogen (secondary N) is 1. The van der Waals surface area contributed by atoms with Crippen LogP contribution >= 0.6 is 0 Å². The van der Waals surface area contributed by atoms with Crippen LogP contribution in [0, 0.1) is 0 Å². The highest BCUT2D eigenvalue weighted by atomic mass is 15.3. The summed E-state index contributed by atoms with van der Waals surface area (Å²) < 4.78 is 1.68. The summed E-state index contributed by atoms with van der Waals surface area (Å²) >= 11 is 0. The van der Waals surface area contributed by atoms with Gasteiger partial charge in [-0.1, -0.05) is 0 Å². The van der Waals surface area contributed by atoms with E-state index in [-0.39, 0.29) is 0 Å².